The molecule has 0 unspecified atom stereocenters. The maximum Gasteiger partial charge on any atom is 0.416 e. The summed E-state index contributed by atoms with van der Waals surface area (Å²) < 4.78 is 38.6. The molecular formula is C13H17F3N2. The van der Waals surface area contributed by atoms with Crippen molar-refractivity contribution in [3.05, 3.63) is 29.3 Å². The molecule has 0 aliphatic heterocycles. The van der Waals surface area contributed by atoms with E-state index in [2.05, 4.69) is 0 Å². The van der Waals surface area contributed by atoms with Crippen LogP contribution in [0.4, 0.5) is 18.9 Å². The Labute approximate surface area is 105 Å². The standard InChI is InChI=1S/C13H17F3N2/c1-18(7-9-2-3-9)8-10-4-5-11(17)6-12(10)13(14,15)16/h4-6,9H,2-3,7-8,17H2,1H3. The summed E-state index contributed by atoms with van der Waals surface area (Å²) in [4.78, 5) is 1.94. The van der Waals surface area contributed by atoms with Crippen LogP contribution in [0.1, 0.15) is 24.0 Å². The normalized spacial score (nSPS) is 16.3. The van der Waals surface area contributed by atoms with Crippen molar-refractivity contribution in [3.8, 4) is 0 Å². The zero-order chi connectivity index (χ0) is 13.3. The summed E-state index contributed by atoms with van der Waals surface area (Å²) in [7, 11) is 1.86. The van der Waals surface area contributed by atoms with Crippen LogP contribution in [0, 0.1) is 5.92 Å². The Bertz CT molecular complexity index is 425. The molecular weight excluding hydrogens is 241 g/mol. The topological polar surface area (TPSA) is 29.3 Å². The van der Waals surface area contributed by atoms with Crippen molar-refractivity contribution < 1.29 is 13.2 Å². The molecule has 0 bridgehead atoms. The summed E-state index contributed by atoms with van der Waals surface area (Å²) in [5.74, 6) is 0.665. The highest BCUT2D eigenvalue weighted by molar-refractivity contribution is 5.46. The van der Waals surface area contributed by atoms with Gasteiger partial charge in [-0.15, -0.1) is 0 Å². The van der Waals surface area contributed by atoms with E-state index in [1.165, 1.54) is 25.0 Å². The quantitative estimate of drug-likeness (QED) is 0.841. The fourth-order valence-corrected chi connectivity index (χ4v) is 2.09. The highest BCUT2D eigenvalue weighted by atomic mass is 19.4. The van der Waals surface area contributed by atoms with Crippen LogP contribution in [-0.2, 0) is 12.7 Å². The van der Waals surface area contributed by atoms with E-state index in [9.17, 15) is 13.2 Å². The van der Waals surface area contributed by atoms with E-state index in [0.29, 0.717) is 18.0 Å². The third kappa shape index (κ3) is 3.38. The molecule has 1 aliphatic rings. The van der Waals surface area contributed by atoms with Crippen LogP contribution in [0.5, 0.6) is 0 Å². The van der Waals surface area contributed by atoms with E-state index >= 15 is 0 Å². The van der Waals surface area contributed by atoms with Gasteiger partial charge in [0.2, 0.25) is 0 Å². The number of alkyl halides is 3. The number of anilines is 1. The number of hydrogen-bond acceptors (Lipinski definition) is 2. The fourth-order valence-electron chi connectivity index (χ4n) is 2.09. The van der Waals surface area contributed by atoms with Crippen LogP contribution in [0.25, 0.3) is 0 Å². The Kier molecular flexibility index (Phi) is 3.52. The summed E-state index contributed by atoms with van der Waals surface area (Å²) in [5, 5.41) is 0. The Morgan fingerprint density at radius 2 is 2.00 bits per heavy atom. The smallest absolute Gasteiger partial charge is 0.399 e. The molecule has 5 heteroatoms. The minimum absolute atomic E-state index is 0.149. The van der Waals surface area contributed by atoms with Crippen LogP contribution in [0.15, 0.2) is 18.2 Å². The number of nitrogens with two attached hydrogens (primary N) is 1. The molecule has 1 fully saturated rings. The zero-order valence-corrected chi connectivity index (χ0v) is 10.3. The molecule has 100 valence electrons. The average Bonchev–Trinajstić information content (AvgIpc) is 3.03. The Morgan fingerprint density at radius 3 is 2.56 bits per heavy atom. The Morgan fingerprint density at radius 1 is 1.33 bits per heavy atom. The van der Waals surface area contributed by atoms with Crippen LogP contribution >= 0.6 is 0 Å². The van der Waals surface area contributed by atoms with Crippen molar-refractivity contribution in [1.82, 2.24) is 4.90 Å². The average molecular weight is 258 g/mol. The number of nitrogens with zero attached hydrogens (tertiary/aromatic N) is 1. The van der Waals surface area contributed by atoms with E-state index in [-0.39, 0.29) is 5.69 Å². The molecule has 0 radical (unpaired) electrons. The number of rotatable bonds is 4. The number of halogens is 3. The van der Waals surface area contributed by atoms with Crippen molar-refractivity contribution in [2.24, 2.45) is 5.92 Å². The molecule has 1 saturated carbocycles. The molecule has 0 atom stereocenters. The van der Waals surface area contributed by atoms with Gasteiger partial charge >= 0.3 is 6.18 Å². The molecule has 0 saturated heterocycles. The van der Waals surface area contributed by atoms with E-state index in [0.717, 1.165) is 12.6 Å². The molecule has 0 aromatic heterocycles. The van der Waals surface area contributed by atoms with E-state index < -0.39 is 11.7 Å². The lowest BCUT2D eigenvalue weighted by atomic mass is 10.1. The molecule has 2 rings (SSSR count). The van der Waals surface area contributed by atoms with Gasteiger partial charge in [0, 0.05) is 18.8 Å². The predicted molar refractivity (Wildman–Crippen MR) is 64.9 cm³/mol. The van der Waals surface area contributed by atoms with Gasteiger partial charge in [0.25, 0.3) is 0 Å². The van der Waals surface area contributed by atoms with Crippen molar-refractivity contribution in [2.75, 3.05) is 19.3 Å². The minimum atomic E-state index is -4.34. The molecule has 1 aliphatic carbocycles. The van der Waals surface area contributed by atoms with Gasteiger partial charge in [-0.25, -0.2) is 0 Å². The lowest BCUT2D eigenvalue weighted by Crippen LogP contribution is -2.22. The maximum absolute atomic E-state index is 12.9. The van der Waals surface area contributed by atoms with Gasteiger partial charge in [0.15, 0.2) is 0 Å². The van der Waals surface area contributed by atoms with E-state index in [1.807, 2.05) is 11.9 Å². The second-order valence-corrected chi connectivity index (χ2v) is 5.05. The van der Waals surface area contributed by atoms with Crippen molar-refractivity contribution >= 4 is 5.69 Å². The first-order chi connectivity index (χ1) is 8.36. The second kappa shape index (κ2) is 4.80. The van der Waals surface area contributed by atoms with Gasteiger partial charge in [0.05, 0.1) is 5.56 Å². The van der Waals surface area contributed by atoms with Gasteiger partial charge in [-0.2, -0.15) is 13.2 Å². The molecule has 2 nitrogen and oxygen atoms in total. The van der Waals surface area contributed by atoms with Crippen LogP contribution in [0.3, 0.4) is 0 Å². The number of benzene rings is 1. The number of hydrogen-bond donors (Lipinski definition) is 1. The van der Waals surface area contributed by atoms with Crippen LogP contribution in [-0.4, -0.2) is 18.5 Å². The summed E-state index contributed by atoms with van der Waals surface area (Å²) in [6.45, 7) is 1.17. The first-order valence-corrected chi connectivity index (χ1v) is 6.00. The van der Waals surface area contributed by atoms with Crippen molar-refractivity contribution in [3.63, 3.8) is 0 Å². The summed E-state index contributed by atoms with van der Waals surface area (Å²) in [6, 6.07) is 4.01. The summed E-state index contributed by atoms with van der Waals surface area (Å²) in [6.07, 6.45) is -1.96. The third-order valence-electron chi connectivity index (χ3n) is 3.15. The van der Waals surface area contributed by atoms with Crippen LogP contribution in [0.2, 0.25) is 0 Å². The molecule has 1 aromatic carbocycles. The molecule has 0 heterocycles. The monoisotopic (exact) mass is 258 g/mol. The highest BCUT2D eigenvalue weighted by Gasteiger charge is 2.34. The Balaban J connectivity index is 2.15. The van der Waals surface area contributed by atoms with Gasteiger partial charge in [-0.05, 0) is 43.5 Å². The predicted octanol–water partition coefficient (Wildman–Crippen LogP) is 3.13. The molecule has 0 amide bonds. The largest absolute Gasteiger partial charge is 0.416 e. The molecule has 1 aromatic rings. The SMILES string of the molecule is CN(Cc1ccc(N)cc1C(F)(F)F)CC1CC1. The maximum atomic E-state index is 12.9. The van der Waals surface area contributed by atoms with Gasteiger partial charge in [-0.3, -0.25) is 0 Å². The minimum Gasteiger partial charge on any atom is -0.399 e. The Hall–Kier alpha value is -1.23. The van der Waals surface area contributed by atoms with Gasteiger partial charge < -0.3 is 10.6 Å². The van der Waals surface area contributed by atoms with E-state index in [1.54, 1.807) is 0 Å². The number of nitrogen functional groups attached to an aromatic ring is 1. The van der Waals surface area contributed by atoms with Gasteiger partial charge in [0.1, 0.15) is 0 Å². The fraction of sp³-hybridized carbons (Fsp3) is 0.538. The first-order valence-electron chi connectivity index (χ1n) is 6.00. The molecule has 0 spiro atoms. The lowest BCUT2D eigenvalue weighted by Gasteiger charge is -2.20. The second-order valence-electron chi connectivity index (χ2n) is 5.05. The van der Waals surface area contributed by atoms with Crippen molar-refractivity contribution in [1.29, 1.82) is 0 Å². The highest BCUT2D eigenvalue weighted by Crippen LogP contribution is 2.34. The molecule has 18 heavy (non-hydrogen) atoms. The first kappa shape index (κ1) is 13.2. The summed E-state index contributed by atoms with van der Waals surface area (Å²) >= 11 is 0. The lowest BCUT2D eigenvalue weighted by molar-refractivity contribution is -0.138. The zero-order valence-electron chi connectivity index (χ0n) is 10.3. The molecule has 2 N–H and O–H groups in total. The van der Waals surface area contributed by atoms with Crippen molar-refractivity contribution in [2.45, 2.75) is 25.6 Å². The summed E-state index contributed by atoms with van der Waals surface area (Å²) in [5.41, 5.74) is 5.25. The van der Waals surface area contributed by atoms with Gasteiger partial charge in [-0.1, -0.05) is 6.07 Å². The van der Waals surface area contributed by atoms with Crippen LogP contribution < -0.4 is 5.73 Å². The van der Waals surface area contributed by atoms with E-state index in [4.69, 9.17) is 5.73 Å². The third-order valence-corrected chi connectivity index (χ3v) is 3.15.